The standard InChI is InChI=1S/C25H35FN2O3/c1-25(2,3)20-6-10-23(11-7-20)31-18-22(29)16-27-17-24(28-12-14-30-15-13-28)19-4-8-21(26)9-5-19/h4-11,22,24,27,29H,12-18H2,1-3H3/t22-,24-/m1/s1. The van der Waals surface area contributed by atoms with Crippen LogP contribution >= 0.6 is 0 Å². The molecule has 31 heavy (non-hydrogen) atoms. The quantitative estimate of drug-likeness (QED) is 0.638. The van der Waals surface area contributed by atoms with E-state index in [4.69, 9.17) is 9.47 Å². The molecule has 2 N–H and O–H groups in total. The maximum Gasteiger partial charge on any atom is 0.123 e. The highest BCUT2D eigenvalue weighted by atomic mass is 19.1. The molecule has 2 aromatic rings. The van der Waals surface area contributed by atoms with E-state index in [9.17, 15) is 9.50 Å². The third kappa shape index (κ3) is 7.28. The number of hydrogen-bond donors (Lipinski definition) is 2. The summed E-state index contributed by atoms with van der Waals surface area (Å²) in [5.74, 6) is 0.519. The molecule has 1 aliphatic rings. The van der Waals surface area contributed by atoms with E-state index in [2.05, 4.69) is 43.1 Å². The van der Waals surface area contributed by atoms with Crippen molar-refractivity contribution in [1.82, 2.24) is 10.2 Å². The minimum absolute atomic E-state index is 0.0996. The van der Waals surface area contributed by atoms with E-state index < -0.39 is 6.10 Å². The van der Waals surface area contributed by atoms with Gasteiger partial charge in [-0.05, 0) is 40.8 Å². The summed E-state index contributed by atoms with van der Waals surface area (Å²) >= 11 is 0. The molecule has 0 spiro atoms. The summed E-state index contributed by atoms with van der Waals surface area (Å²) in [5, 5.41) is 13.7. The predicted molar refractivity (Wildman–Crippen MR) is 121 cm³/mol. The van der Waals surface area contributed by atoms with Crippen molar-refractivity contribution in [3.8, 4) is 5.75 Å². The molecule has 6 heteroatoms. The Morgan fingerprint density at radius 3 is 2.29 bits per heavy atom. The van der Waals surface area contributed by atoms with Crippen LogP contribution in [-0.2, 0) is 10.2 Å². The van der Waals surface area contributed by atoms with Crippen LogP contribution in [0.5, 0.6) is 5.75 Å². The number of nitrogens with zero attached hydrogens (tertiary/aromatic N) is 1. The van der Waals surface area contributed by atoms with Gasteiger partial charge in [0.1, 0.15) is 24.3 Å². The summed E-state index contributed by atoms with van der Waals surface area (Å²) in [6.45, 7) is 10.9. The lowest BCUT2D eigenvalue weighted by Gasteiger charge is -2.35. The summed E-state index contributed by atoms with van der Waals surface area (Å²) < 4.78 is 24.6. The van der Waals surface area contributed by atoms with Gasteiger partial charge in [0.2, 0.25) is 0 Å². The van der Waals surface area contributed by atoms with Gasteiger partial charge in [-0.3, -0.25) is 4.90 Å². The summed E-state index contributed by atoms with van der Waals surface area (Å²) in [7, 11) is 0. The summed E-state index contributed by atoms with van der Waals surface area (Å²) in [6, 6.07) is 14.8. The third-order valence-electron chi connectivity index (χ3n) is 5.62. The zero-order chi connectivity index (χ0) is 22.3. The second-order valence-electron chi connectivity index (χ2n) is 9.11. The zero-order valence-electron chi connectivity index (χ0n) is 18.8. The summed E-state index contributed by atoms with van der Waals surface area (Å²) in [6.07, 6.45) is -0.624. The number of morpholine rings is 1. The number of aliphatic hydroxyl groups excluding tert-OH is 1. The fourth-order valence-electron chi connectivity index (χ4n) is 3.72. The van der Waals surface area contributed by atoms with E-state index in [1.807, 2.05) is 24.3 Å². The predicted octanol–water partition coefficient (Wildman–Crippen LogP) is 3.53. The molecule has 1 fully saturated rings. The molecular weight excluding hydrogens is 395 g/mol. The second kappa shape index (κ2) is 11.0. The van der Waals surface area contributed by atoms with Crippen LogP contribution in [0.3, 0.4) is 0 Å². The molecule has 2 atom stereocenters. The van der Waals surface area contributed by atoms with E-state index >= 15 is 0 Å². The molecule has 1 saturated heterocycles. The monoisotopic (exact) mass is 430 g/mol. The molecule has 0 saturated carbocycles. The first-order chi connectivity index (χ1) is 14.8. The number of aliphatic hydroxyl groups is 1. The van der Waals surface area contributed by atoms with Crippen LogP contribution < -0.4 is 10.1 Å². The van der Waals surface area contributed by atoms with Gasteiger partial charge < -0.3 is 19.9 Å². The lowest BCUT2D eigenvalue weighted by atomic mass is 9.87. The minimum Gasteiger partial charge on any atom is -0.491 e. The third-order valence-corrected chi connectivity index (χ3v) is 5.62. The maximum atomic E-state index is 13.4. The number of ether oxygens (including phenoxy) is 2. The number of nitrogens with one attached hydrogen (secondary N) is 1. The van der Waals surface area contributed by atoms with Gasteiger partial charge in [0.25, 0.3) is 0 Å². The molecule has 0 radical (unpaired) electrons. The lowest BCUT2D eigenvalue weighted by Crippen LogP contribution is -2.44. The molecule has 0 amide bonds. The number of halogens is 1. The Hall–Kier alpha value is -1.99. The molecule has 170 valence electrons. The SMILES string of the molecule is CC(C)(C)c1ccc(OC[C@H](O)CNC[C@H](c2ccc(F)cc2)N2CCOCC2)cc1. The molecule has 2 aromatic carbocycles. The minimum atomic E-state index is -0.624. The van der Waals surface area contributed by atoms with Crippen molar-refractivity contribution in [2.75, 3.05) is 46.0 Å². The zero-order valence-corrected chi connectivity index (χ0v) is 18.8. The first-order valence-corrected chi connectivity index (χ1v) is 11.0. The Morgan fingerprint density at radius 1 is 1.03 bits per heavy atom. The van der Waals surface area contributed by atoms with Crippen molar-refractivity contribution in [3.63, 3.8) is 0 Å². The van der Waals surface area contributed by atoms with Gasteiger partial charge in [0.05, 0.1) is 13.2 Å². The van der Waals surface area contributed by atoms with Crippen LogP contribution in [-0.4, -0.2) is 62.1 Å². The van der Waals surface area contributed by atoms with Gasteiger partial charge in [0, 0.05) is 32.2 Å². The largest absolute Gasteiger partial charge is 0.491 e. The molecule has 1 heterocycles. The van der Waals surface area contributed by atoms with Crippen molar-refractivity contribution in [3.05, 3.63) is 65.5 Å². The van der Waals surface area contributed by atoms with E-state index in [-0.39, 0.29) is 23.9 Å². The Bertz CT molecular complexity index is 784. The Morgan fingerprint density at radius 2 is 1.68 bits per heavy atom. The first-order valence-electron chi connectivity index (χ1n) is 11.0. The first kappa shape index (κ1) is 23.7. The van der Waals surface area contributed by atoms with Gasteiger partial charge in [-0.25, -0.2) is 4.39 Å². The molecule has 3 rings (SSSR count). The molecule has 5 nitrogen and oxygen atoms in total. The fourth-order valence-corrected chi connectivity index (χ4v) is 3.72. The molecule has 0 aliphatic carbocycles. The molecule has 0 aromatic heterocycles. The molecule has 1 aliphatic heterocycles. The van der Waals surface area contributed by atoms with Crippen LogP contribution in [0, 0.1) is 5.82 Å². The van der Waals surface area contributed by atoms with Crippen molar-refractivity contribution in [2.45, 2.75) is 38.3 Å². The van der Waals surface area contributed by atoms with Crippen molar-refractivity contribution < 1.29 is 19.0 Å². The molecule has 0 bridgehead atoms. The van der Waals surface area contributed by atoms with E-state index in [1.165, 1.54) is 17.7 Å². The van der Waals surface area contributed by atoms with Gasteiger partial charge in [-0.1, -0.05) is 45.0 Å². The smallest absolute Gasteiger partial charge is 0.123 e. The fraction of sp³-hybridized carbons (Fsp3) is 0.520. The highest BCUT2D eigenvalue weighted by Crippen LogP contribution is 2.24. The summed E-state index contributed by atoms with van der Waals surface area (Å²) in [5.41, 5.74) is 2.40. The average Bonchev–Trinajstić information content (AvgIpc) is 2.76. The summed E-state index contributed by atoms with van der Waals surface area (Å²) in [4.78, 5) is 2.34. The lowest BCUT2D eigenvalue weighted by molar-refractivity contribution is 0.0151. The van der Waals surface area contributed by atoms with Crippen LogP contribution in [0.2, 0.25) is 0 Å². The normalized spacial score (nSPS) is 17.3. The highest BCUT2D eigenvalue weighted by molar-refractivity contribution is 5.31. The van der Waals surface area contributed by atoms with Gasteiger partial charge in [-0.2, -0.15) is 0 Å². The second-order valence-corrected chi connectivity index (χ2v) is 9.11. The van der Waals surface area contributed by atoms with Crippen LogP contribution in [0.25, 0.3) is 0 Å². The number of hydrogen-bond acceptors (Lipinski definition) is 5. The van der Waals surface area contributed by atoms with Gasteiger partial charge in [0.15, 0.2) is 0 Å². The maximum absolute atomic E-state index is 13.4. The van der Waals surface area contributed by atoms with Gasteiger partial charge >= 0.3 is 0 Å². The van der Waals surface area contributed by atoms with Gasteiger partial charge in [-0.15, -0.1) is 0 Å². The number of benzene rings is 2. The highest BCUT2D eigenvalue weighted by Gasteiger charge is 2.23. The van der Waals surface area contributed by atoms with E-state index in [0.29, 0.717) is 26.3 Å². The van der Waals surface area contributed by atoms with Crippen LogP contribution in [0.1, 0.15) is 37.9 Å². The average molecular weight is 431 g/mol. The number of rotatable bonds is 9. The molecule has 0 unspecified atom stereocenters. The Kier molecular flexibility index (Phi) is 8.43. The topological polar surface area (TPSA) is 54.0 Å². The van der Waals surface area contributed by atoms with Crippen molar-refractivity contribution in [2.24, 2.45) is 0 Å². The van der Waals surface area contributed by atoms with E-state index in [0.717, 1.165) is 24.4 Å². The molecular formula is C25H35FN2O3. The Labute approximate surface area is 185 Å². The van der Waals surface area contributed by atoms with E-state index in [1.54, 1.807) is 0 Å². The van der Waals surface area contributed by atoms with Crippen LogP contribution in [0.4, 0.5) is 4.39 Å². The van der Waals surface area contributed by atoms with Crippen molar-refractivity contribution >= 4 is 0 Å². The van der Waals surface area contributed by atoms with Crippen molar-refractivity contribution in [1.29, 1.82) is 0 Å². The Balaban J connectivity index is 1.48. The van der Waals surface area contributed by atoms with Crippen LogP contribution in [0.15, 0.2) is 48.5 Å².